The molecular formula is C13H18F2N2O. The molecule has 100 valence electrons. The molecule has 0 radical (unpaired) electrons. The Labute approximate surface area is 105 Å². The fourth-order valence-corrected chi connectivity index (χ4v) is 2.42. The largest absolute Gasteiger partial charge is 0.377 e. The average molecular weight is 256 g/mol. The molecule has 1 aromatic rings. The number of benzene rings is 1. The molecule has 3 N–H and O–H groups in total. The first-order chi connectivity index (χ1) is 8.60. The number of rotatable bonds is 4. The van der Waals surface area contributed by atoms with Crippen LogP contribution in [0.2, 0.25) is 0 Å². The molecule has 1 aliphatic heterocycles. The lowest BCUT2D eigenvalue weighted by Crippen LogP contribution is -2.30. The van der Waals surface area contributed by atoms with Gasteiger partial charge in [-0.15, -0.1) is 0 Å². The van der Waals surface area contributed by atoms with Gasteiger partial charge in [-0.3, -0.25) is 0 Å². The quantitative estimate of drug-likeness (QED) is 0.860. The van der Waals surface area contributed by atoms with Crippen LogP contribution in [0.1, 0.15) is 18.1 Å². The summed E-state index contributed by atoms with van der Waals surface area (Å²) in [4.78, 5) is 0. The lowest BCUT2D eigenvalue weighted by atomic mass is 9.93. The van der Waals surface area contributed by atoms with E-state index >= 15 is 0 Å². The highest BCUT2D eigenvalue weighted by molar-refractivity contribution is 5.20. The van der Waals surface area contributed by atoms with Crippen LogP contribution in [0, 0.1) is 17.6 Å². The number of ether oxygens (including phenoxy) is 1. The van der Waals surface area contributed by atoms with E-state index in [2.05, 4.69) is 5.32 Å². The number of nitrogens with one attached hydrogen (secondary N) is 1. The van der Waals surface area contributed by atoms with Gasteiger partial charge in [-0.05, 0) is 36.6 Å². The summed E-state index contributed by atoms with van der Waals surface area (Å²) in [6, 6.07) is 3.55. The molecule has 18 heavy (non-hydrogen) atoms. The van der Waals surface area contributed by atoms with Gasteiger partial charge in [0.25, 0.3) is 0 Å². The lowest BCUT2D eigenvalue weighted by Gasteiger charge is -2.22. The topological polar surface area (TPSA) is 47.3 Å². The second-order valence-corrected chi connectivity index (χ2v) is 4.75. The summed E-state index contributed by atoms with van der Waals surface area (Å²) in [7, 11) is 1.54. The molecule has 3 unspecified atom stereocenters. The van der Waals surface area contributed by atoms with Gasteiger partial charge in [-0.2, -0.15) is 0 Å². The average Bonchev–Trinajstić information content (AvgIpc) is 2.70. The summed E-state index contributed by atoms with van der Waals surface area (Å²) in [6.07, 6.45) is 0.333. The second kappa shape index (κ2) is 5.73. The van der Waals surface area contributed by atoms with Crippen LogP contribution < -0.4 is 11.1 Å². The van der Waals surface area contributed by atoms with Crippen LogP contribution in [0.4, 0.5) is 8.78 Å². The van der Waals surface area contributed by atoms with E-state index in [1.807, 2.05) is 0 Å². The van der Waals surface area contributed by atoms with E-state index < -0.39 is 11.6 Å². The Kier molecular flexibility index (Phi) is 4.27. The van der Waals surface area contributed by atoms with Crippen molar-refractivity contribution in [2.45, 2.75) is 18.6 Å². The zero-order valence-corrected chi connectivity index (χ0v) is 10.3. The molecule has 0 spiro atoms. The van der Waals surface area contributed by atoms with Crippen molar-refractivity contribution in [3.8, 4) is 0 Å². The van der Waals surface area contributed by atoms with E-state index in [-0.39, 0.29) is 18.1 Å². The van der Waals surface area contributed by atoms with Crippen molar-refractivity contribution in [2.75, 3.05) is 20.2 Å². The maximum Gasteiger partial charge on any atom is 0.126 e. The fraction of sp³-hybridized carbons (Fsp3) is 0.538. The molecule has 5 heteroatoms. The molecule has 1 saturated heterocycles. The van der Waals surface area contributed by atoms with E-state index in [0.29, 0.717) is 12.0 Å². The monoisotopic (exact) mass is 256 g/mol. The zero-order chi connectivity index (χ0) is 13.1. The van der Waals surface area contributed by atoms with E-state index in [9.17, 15) is 8.78 Å². The minimum Gasteiger partial charge on any atom is -0.377 e. The van der Waals surface area contributed by atoms with Crippen molar-refractivity contribution < 1.29 is 13.5 Å². The van der Waals surface area contributed by atoms with Gasteiger partial charge in [0.1, 0.15) is 11.6 Å². The zero-order valence-electron chi connectivity index (χ0n) is 10.3. The van der Waals surface area contributed by atoms with E-state index in [1.165, 1.54) is 12.1 Å². The van der Waals surface area contributed by atoms with Gasteiger partial charge in [0, 0.05) is 25.8 Å². The smallest absolute Gasteiger partial charge is 0.126 e. The Bertz CT molecular complexity index is 394. The molecule has 0 saturated carbocycles. The normalized spacial score (nSPS) is 25.3. The van der Waals surface area contributed by atoms with Crippen LogP contribution in [-0.4, -0.2) is 26.2 Å². The van der Waals surface area contributed by atoms with E-state index in [1.54, 1.807) is 7.11 Å². The van der Waals surface area contributed by atoms with Crippen LogP contribution in [-0.2, 0) is 4.74 Å². The first-order valence-corrected chi connectivity index (χ1v) is 6.05. The highest BCUT2D eigenvalue weighted by Gasteiger charge is 2.27. The molecule has 0 bridgehead atoms. The molecule has 1 aromatic carbocycles. The Balaban J connectivity index is 2.12. The molecule has 0 amide bonds. The van der Waals surface area contributed by atoms with Crippen molar-refractivity contribution in [1.29, 1.82) is 0 Å². The Morgan fingerprint density at radius 1 is 1.33 bits per heavy atom. The molecule has 0 aromatic heterocycles. The van der Waals surface area contributed by atoms with Gasteiger partial charge in [-0.25, -0.2) is 8.78 Å². The van der Waals surface area contributed by atoms with Gasteiger partial charge in [0.15, 0.2) is 0 Å². The Morgan fingerprint density at radius 3 is 2.50 bits per heavy atom. The molecule has 3 nitrogen and oxygen atoms in total. The first-order valence-electron chi connectivity index (χ1n) is 6.05. The van der Waals surface area contributed by atoms with Crippen molar-refractivity contribution in [3.05, 3.63) is 35.4 Å². The first kappa shape index (κ1) is 13.4. The van der Waals surface area contributed by atoms with E-state index in [0.717, 1.165) is 19.2 Å². The highest BCUT2D eigenvalue weighted by atomic mass is 19.1. The lowest BCUT2D eigenvalue weighted by molar-refractivity contribution is 0.0799. The summed E-state index contributed by atoms with van der Waals surface area (Å²) in [5.74, 6) is -0.900. The summed E-state index contributed by atoms with van der Waals surface area (Å²) in [5, 5.41) is 3.20. The van der Waals surface area contributed by atoms with Gasteiger partial charge in [0.2, 0.25) is 0 Å². The van der Waals surface area contributed by atoms with Crippen molar-refractivity contribution in [2.24, 2.45) is 11.7 Å². The van der Waals surface area contributed by atoms with Crippen molar-refractivity contribution >= 4 is 0 Å². The Hall–Kier alpha value is -1.04. The summed E-state index contributed by atoms with van der Waals surface area (Å²) >= 11 is 0. The number of nitrogens with two attached hydrogens (primary N) is 1. The summed E-state index contributed by atoms with van der Waals surface area (Å²) in [6.45, 7) is 1.59. The van der Waals surface area contributed by atoms with Gasteiger partial charge < -0.3 is 15.8 Å². The van der Waals surface area contributed by atoms with Crippen LogP contribution >= 0.6 is 0 Å². The molecule has 0 aliphatic carbocycles. The van der Waals surface area contributed by atoms with Crippen LogP contribution in [0.15, 0.2) is 18.2 Å². The van der Waals surface area contributed by atoms with E-state index in [4.69, 9.17) is 10.5 Å². The third-order valence-corrected chi connectivity index (χ3v) is 3.45. The fourth-order valence-electron chi connectivity index (χ4n) is 2.42. The van der Waals surface area contributed by atoms with Crippen LogP contribution in [0.3, 0.4) is 0 Å². The molecular weight excluding hydrogens is 238 g/mol. The third kappa shape index (κ3) is 3.04. The number of halogens is 2. The number of hydrogen-bond donors (Lipinski definition) is 2. The minimum absolute atomic E-state index is 0.0704. The summed E-state index contributed by atoms with van der Waals surface area (Å²) < 4.78 is 31.7. The number of methoxy groups -OCH3 is 1. The van der Waals surface area contributed by atoms with Crippen molar-refractivity contribution in [1.82, 2.24) is 5.32 Å². The minimum atomic E-state index is -0.583. The SMILES string of the molecule is COC(CC1CNCC1N)c1cc(F)cc(F)c1. The van der Waals surface area contributed by atoms with Gasteiger partial charge in [0.05, 0.1) is 6.10 Å². The maximum absolute atomic E-state index is 13.2. The van der Waals surface area contributed by atoms with Crippen molar-refractivity contribution in [3.63, 3.8) is 0 Å². The molecule has 3 atom stereocenters. The highest BCUT2D eigenvalue weighted by Crippen LogP contribution is 2.28. The van der Waals surface area contributed by atoms with Gasteiger partial charge >= 0.3 is 0 Å². The predicted octanol–water partition coefficient (Wildman–Crippen LogP) is 1.59. The maximum atomic E-state index is 13.2. The molecule has 1 aliphatic rings. The molecule has 1 heterocycles. The number of hydrogen-bond acceptors (Lipinski definition) is 3. The standard InChI is InChI=1S/C13H18F2N2O/c1-18-13(4-9-6-17-7-12(9)16)8-2-10(14)5-11(15)3-8/h2-3,5,9,12-13,17H,4,6-7,16H2,1H3. The predicted molar refractivity (Wildman–Crippen MR) is 65.1 cm³/mol. The van der Waals surface area contributed by atoms with Gasteiger partial charge in [-0.1, -0.05) is 0 Å². The third-order valence-electron chi connectivity index (χ3n) is 3.45. The molecule has 2 rings (SSSR count). The Morgan fingerprint density at radius 2 is 2.00 bits per heavy atom. The van der Waals surface area contributed by atoms with Crippen LogP contribution in [0.25, 0.3) is 0 Å². The second-order valence-electron chi connectivity index (χ2n) is 4.75. The van der Waals surface area contributed by atoms with Crippen LogP contribution in [0.5, 0.6) is 0 Å². The summed E-state index contributed by atoms with van der Waals surface area (Å²) in [5.41, 5.74) is 6.48. The molecule has 1 fully saturated rings.